The Balaban J connectivity index is 3.56. The van der Waals surface area contributed by atoms with Crippen molar-refractivity contribution in [1.29, 1.82) is 0 Å². The SMILES string of the molecule is COC1=C(C(=O)O/C(C)=C/CO)[C@@](C)(/C=C/I)[C@H](O[Si](C)(C)C(C)(C)C)[C@H]1OC. The molecule has 0 heterocycles. The predicted octanol–water partition coefficient (Wildman–Crippen LogP) is 4.70. The Bertz CT molecular complexity index is 692. The topological polar surface area (TPSA) is 74.2 Å². The predicted molar refractivity (Wildman–Crippen MR) is 125 cm³/mol. The highest BCUT2D eigenvalue weighted by Crippen LogP contribution is 2.51. The van der Waals surface area contributed by atoms with Gasteiger partial charge in [-0.15, -0.1) is 0 Å². The summed E-state index contributed by atoms with van der Waals surface area (Å²) in [5.41, 5.74) is -0.437. The van der Waals surface area contributed by atoms with E-state index in [0.29, 0.717) is 17.1 Å². The van der Waals surface area contributed by atoms with Crippen LogP contribution in [0.1, 0.15) is 34.6 Å². The van der Waals surface area contributed by atoms with E-state index >= 15 is 0 Å². The summed E-state index contributed by atoms with van der Waals surface area (Å²) in [6, 6.07) is 0. The maximum Gasteiger partial charge on any atom is 0.343 e. The Morgan fingerprint density at radius 1 is 1.31 bits per heavy atom. The second-order valence-corrected chi connectivity index (χ2v) is 14.3. The highest BCUT2D eigenvalue weighted by Gasteiger charge is 2.57. The van der Waals surface area contributed by atoms with Crippen molar-refractivity contribution < 1.29 is 28.5 Å². The van der Waals surface area contributed by atoms with Gasteiger partial charge in [0.2, 0.25) is 0 Å². The maximum absolute atomic E-state index is 13.1. The van der Waals surface area contributed by atoms with Crippen LogP contribution in [0.5, 0.6) is 0 Å². The standard InChI is InChI=1S/C21H35IO6Si/c1-14(10-13-23)27-19(24)15-16(25-6)17(26-7)18(21(15,5)11-12-22)28-29(8,9)20(2,3)4/h10-12,17-18,23H,13H2,1-9H3/b12-11+,14-10+/t17-,18+,21+/m0/s1. The van der Waals surface area contributed by atoms with E-state index < -0.39 is 31.9 Å². The first-order valence-electron chi connectivity index (χ1n) is 9.57. The number of carbonyl (C=O) groups is 1. The van der Waals surface area contributed by atoms with Crippen LogP contribution in [-0.4, -0.2) is 52.4 Å². The lowest BCUT2D eigenvalue weighted by Gasteiger charge is -2.43. The van der Waals surface area contributed by atoms with Crippen LogP contribution in [0.3, 0.4) is 0 Å². The van der Waals surface area contributed by atoms with Gasteiger partial charge in [-0.05, 0) is 42.1 Å². The first kappa shape index (κ1) is 26.4. The van der Waals surface area contributed by atoms with E-state index in [9.17, 15) is 4.79 Å². The third-order valence-electron chi connectivity index (χ3n) is 5.86. The number of carbonyl (C=O) groups excluding carboxylic acids is 1. The highest BCUT2D eigenvalue weighted by atomic mass is 127. The molecule has 0 saturated heterocycles. The van der Waals surface area contributed by atoms with E-state index in [4.69, 9.17) is 23.7 Å². The van der Waals surface area contributed by atoms with Crippen molar-refractivity contribution in [3.05, 3.63) is 33.3 Å². The number of rotatable bonds is 8. The fourth-order valence-corrected chi connectivity index (χ4v) is 5.23. The smallest absolute Gasteiger partial charge is 0.343 e. The third-order valence-corrected chi connectivity index (χ3v) is 10.7. The number of esters is 1. The van der Waals surface area contributed by atoms with Gasteiger partial charge < -0.3 is 23.7 Å². The van der Waals surface area contributed by atoms with Gasteiger partial charge in [0.15, 0.2) is 8.32 Å². The van der Waals surface area contributed by atoms with Gasteiger partial charge in [-0.2, -0.15) is 0 Å². The summed E-state index contributed by atoms with van der Waals surface area (Å²) in [7, 11) is 0.918. The average Bonchev–Trinajstić information content (AvgIpc) is 2.81. The summed E-state index contributed by atoms with van der Waals surface area (Å²) in [5, 5.41) is 9.06. The largest absolute Gasteiger partial charge is 0.498 e. The summed E-state index contributed by atoms with van der Waals surface area (Å²) < 4.78 is 25.5. The summed E-state index contributed by atoms with van der Waals surface area (Å²) in [4.78, 5) is 13.1. The van der Waals surface area contributed by atoms with Crippen LogP contribution in [0, 0.1) is 5.41 Å². The van der Waals surface area contributed by atoms with Crippen LogP contribution in [0.25, 0.3) is 0 Å². The number of methoxy groups -OCH3 is 2. The van der Waals surface area contributed by atoms with Crippen molar-refractivity contribution in [3.63, 3.8) is 0 Å². The van der Waals surface area contributed by atoms with Gasteiger partial charge in [-0.3, -0.25) is 0 Å². The van der Waals surface area contributed by atoms with Crippen molar-refractivity contribution in [1.82, 2.24) is 0 Å². The third kappa shape index (κ3) is 5.52. The Morgan fingerprint density at radius 2 is 1.90 bits per heavy atom. The average molecular weight is 538 g/mol. The zero-order valence-corrected chi connectivity index (χ0v) is 22.1. The first-order valence-corrected chi connectivity index (χ1v) is 13.7. The van der Waals surface area contributed by atoms with E-state index in [1.807, 2.05) is 17.1 Å². The number of hydrogen-bond donors (Lipinski definition) is 1. The zero-order valence-electron chi connectivity index (χ0n) is 19.0. The molecule has 0 aromatic heterocycles. The number of allylic oxidation sites excluding steroid dienone is 1. The Kier molecular flexibility index (Phi) is 9.16. The quantitative estimate of drug-likeness (QED) is 0.209. The fourth-order valence-electron chi connectivity index (χ4n) is 3.13. The minimum atomic E-state index is -2.19. The lowest BCUT2D eigenvalue weighted by molar-refractivity contribution is -0.136. The maximum atomic E-state index is 13.1. The van der Waals surface area contributed by atoms with Crippen molar-refractivity contribution in [3.8, 4) is 0 Å². The molecule has 166 valence electrons. The number of halogens is 1. The molecule has 0 aromatic rings. The molecule has 0 fully saturated rings. The normalized spacial score (nSPS) is 26.4. The molecular weight excluding hydrogens is 503 g/mol. The summed E-state index contributed by atoms with van der Waals surface area (Å²) in [6.07, 6.45) is 2.38. The molecule has 1 rings (SSSR count). The second-order valence-electron chi connectivity index (χ2n) is 8.86. The molecule has 29 heavy (non-hydrogen) atoms. The molecule has 8 heteroatoms. The molecule has 0 radical (unpaired) electrons. The molecule has 0 bridgehead atoms. The van der Waals surface area contributed by atoms with E-state index in [-0.39, 0.29) is 11.6 Å². The van der Waals surface area contributed by atoms with Gasteiger partial charge in [0, 0.05) is 12.5 Å². The second kappa shape index (κ2) is 10.1. The molecule has 1 aliphatic rings. The van der Waals surface area contributed by atoms with Gasteiger partial charge in [0.25, 0.3) is 0 Å². The number of aliphatic hydroxyl groups is 1. The van der Waals surface area contributed by atoms with Gasteiger partial charge in [-0.1, -0.05) is 49.4 Å². The van der Waals surface area contributed by atoms with Crippen molar-refractivity contribution in [2.24, 2.45) is 5.41 Å². The van der Waals surface area contributed by atoms with E-state index in [0.717, 1.165) is 0 Å². The zero-order chi connectivity index (χ0) is 22.6. The Morgan fingerprint density at radius 3 is 2.31 bits per heavy atom. The highest BCUT2D eigenvalue weighted by molar-refractivity contribution is 14.1. The monoisotopic (exact) mass is 538 g/mol. The lowest BCUT2D eigenvalue weighted by atomic mass is 9.81. The van der Waals surface area contributed by atoms with Crippen LogP contribution in [0.2, 0.25) is 18.1 Å². The van der Waals surface area contributed by atoms with E-state index in [1.165, 1.54) is 13.2 Å². The molecule has 0 aliphatic heterocycles. The fraction of sp³-hybridized carbons (Fsp3) is 0.667. The van der Waals surface area contributed by atoms with Crippen molar-refractivity contribution in [2.45, 2.75) is 65.0 Å². The Labute approximate surface area is 189 Å². The van der Waals surface area contributed by atoms with Gasteiger partial charge >= 0.3 is 5.97 Å². The molecule has 0 amide bonds. The molecule has 1 N–H and O–H groups in total. The minimum Gasteiger partial charge on any atom is -0.498 e. The van der Waals surface area contributed by atoms with Crippen LogP contribution in [0.15, 0.2) is 33.3 Å². The number of aliphatic hydroxyl groups excluding tert-OH is 1. The van der Waals surface area contributed by atoms with Gasteiger partial charge in [0.05, 0.1) is 25.4 Å². The molecule has 3 atom stereocenters. The molecular formula is C21H35IO6Si. The molecule has 0 aromatic carbocycles. The molecule has 0 unspecified atom stereocenters. The molecule has 1 aliphatic carbocycles. The summed E-state index contributed by atoms with van der Waals surface area (Å²) >= 11 is 2.14. The van der Waals surface area contributed by atoms with Crippen LogP contribution < -0.4 is 0 Å². The molecule has 0 spiro atoms. The van der Waals surface area contributed by atoms with Crippen LogP contribution in [-0.2, 0) is 23.4 Å². The van der Waals surface area contributed by atoms with Gasteiger partial charge in [-0.25, -0.2) is 4.79 Å². The van der Waals surface area contributed by atoms with Crippen LogP contribution in [0.4, 0.5) is 0 Å². The number of hydrogen-bond acceptors (Lipinski definition) is 6. The Hall–Kier alpha value is -0.683. The summed E-state index contributed by atoms with van der Waals surface area (Å²) in [6.45, 7) is 14.2. The van der Waals surface area contributed by atoms with E-state index in [1.54, 1.807) is 14.0 Å². The first-order chi connectivity index (χ1) is 13.3. The minimum absolute atomic E-state index is 0.0167. The van der Waals surface area contributed by atoms with Crippen LogP contribution >= 0.6 is 22.6 Å². The summed E-state index contributed by atoms with van der Waals surface area (Å²) in [5.74, 6) is 0.198. The van der Waals surface area contributed by atoms with Crippen molar-refractivity contribution in [2.75, 3.05) is 20.8 Å². The molecule has 0 saturated carbocycles. The van der Waals surface area contributed by atoms with Gasteiger partial charge in [0.1, 0.15) is 17.6 Å². The molecule has 6 nitrogen and oxygen atoms in total. The van der Waals surface area contributed by atoms with E-state index in [2.05, 4.69) is 56.5 Å². The van der Waals surface area contributed by atoms with Crippen molar-refractivity contribution >= 4 is 36.9 Å². The lowest BCUT2D eigenvalue weighted by Crippen LogP contribution is -2.51. The number of ether oxygens (including phenoxy) is 3.